The first-order valence-electron chi connectivity index (χ1n) is 5.77. The molecule has 0 radical (unpaired) electrons. The third kappa shape index (κ3) is 2.77. The molecule has 106 valence electrons. The van der Waals surface area contributed by atoms with Crippen molar-refractivity contribution < 1.29 is 22.3 Å². The highest BCUT2D eigenvalue weighted by molar-refractivity contribution is 7.88. The van der Waals surface area contributed by atoms with Gasteiger partial charge in [-0.2, -0.15) is 4.31 Å². The Bertz CT molecular complexity index is 614. The van der Waals surface area contributed by atoms with Crippen molar-refractivity contribution in [3.63, 3.8) is 0 Å². The van der Waals surface area contributed by atoms with Gasteiger partial charge in [-0.05, 0) is 36.6 Å². The van der Waals surface area contributed by atoms with E-state index >= 15 is 0 Å². The van der Waals surface area contributed by atoms with E-state index in [1.54, 1.807) is 0 Å². The second-order valence-electron chi connectivity index (χ2n) is 5.04. The van der Waals surface area contributed by atoms with Gasteiger partial charge in [0.15, 0.2) is 11.6 Å². The summed E-state index contributed by atoms with van der Waals surface area (Å²) in [5, 5.41) is 10.4. The fraction of sp³-hybridized carbons (Fsp3) is 0.500. The van der Waals surface area contributed by atoms with Crippen LogP contribution in [0.2, 0.25) is 0 Å². The summed E-state index contributed by atoms with van der Waals surface area (Å²) in [6.07, 6.45) is 1.27. The molecule has 4 nitrogen and oxygen atoms in total. The van der Waals surface area contributed by atoms with Crippen LogP contribution in [0.25, 0.3) is 0 Å². The average Bonchev–Trinajstić information content (AvgIpc) is 2.37. The molecule has 1 heterocycles. The summed E-state index contributed by atoms with van der Waals surface area (Å²) < 4.78 is 50.8. The maximum Gasteiger partial charge on any atom is 0.211 e. The number of halogens is 2. The first-order chi connectivity index (χ1) is 8.61. The third-order valence-corrected chi connectivity index (χ3v) is 4.56. The number of hydrogen-bond donors (Lipinski definition) is 1. The van der Waals surface area contributed by atoms with Crippen molar-refractivity contribution in [2.75, 3.05) is 19.3 Å². The lowest BCUT2D eigenvalue weighted by atomic mass is 9.91. The molecule has 1 aliphatic heterocycles. The smallest absolute Gasteiger partial charge is 0.211 e. The first-order valence-corrected chi connectivity index (χ1v) is 7.62. The van der Waals surface area contributed by atoms with Crippen LogP contribution in [0.1, 0.15) is 18.1 Å². The number of fused-ring (bicyclic) bond motifs is 1. The maximum absolute atomic E-state index is 13.3. The summed E-state index contributed by atoms with van der Waals surface area (Å²) in [4.78, 5) is 0. The first kappa shape index (κ1) is 14.4. The van der Waals surface area contributed by atoms with Gasteiger partial charge >= 0.3 is 0 Å². The number of aliphatic hydroxyl groups is 1. The quantitative estimate of drug-likeness (QED) is 0.839. The summed E-state index contributed by atoms with van der Waals surface area (Å²) in [6, 6.07) is 1.96. The van der Waals surface area contributed by atoms with E-state index < -0.39 is 27.3 Å². The number of β-amino-alcohol motifs (C(OH)–C–C–N with tert-alkyl or cyclic N) is 1. The molecule has 19 heavy (non-hydrogen) atoms. The zero-order valence-corrected chi connectivity index (χ0v) is 11.5. The van der Waals surface area contributed by atoms with E-state index in [0.717, 1.165) is 22.7 Å². The molecule has 1 N–H and O–H groups in total. The summed E-state index contributed by atoms with van der Waals surface area (Å²) in [7, 11) is -3.47. The van der Waals surface area contributed by atoms with Crippen LogP contribution < -0.4 is 0 Å². The van der Waals surface area contributed by atoms with Crippen molar-refractivity contribution in [3.8, 4) is 0 Å². The molecule has 0 bridgehead atoms. The Labute approximate surface area is 110 Å². The fourth-order valence-corrected chi connectivity index (χ4v) is 3.24. The molecule has 7 heteroatoms. The summed E-state index contributed by atoms with van der Waals surface area (Å²) in [6.45, 7) is 1.35. The minimum Gasteiger partial charge on any atom is -0.384 e. The van der Waals surface area contributed by atoms with Crippen LogP contribution in [0.5, 0.6) is 0 Å². The number of sulfonamides is 1. The van der Waals surface area contributed by atoms with Gasteiger partial charge in [-0.25, -0.2) is 17.2 Å². The minimum atomic E-state index is -3.47. The molecule has 0 amide bonds. The topological polar surface area (TPSA) is 57.6 Å². The van der Waals surface area contributed by atoms with Crippen LogP contribution in [-0.2, 0) is 22.0 Å². The summed E-state index contributed by atoms with van der Waals surface area (Å²) in [5.41, 5.74) is -0.892. The van der Waals surface area contributed by atoms with Crippen molar-refractivity contribution in [3.05, 3.63) is 34.9 Å². The molecule has 1 aromatic rings. The summed E-state index contributed by atoms with van der Waals surface area (Å²) in [5.74, 6) is -2.05. The molecule has 1 unspecified atom stereocenters. The normalized spacial score (nSPS) is 24.9. The van der Waals surface area contributed by atoms with Gasteiger partial charge in [-0.15, -0.1) is 0 Å². The van der Waals surface area contributed by atoms with Gasteiger partial charge in [-0.1, -0.05) is 0 Å². The molecule has 1 aliphatic rings. The zero-order valence-electron chi connectivity index (χ0n) is 10.7. The SMILES string of the molecule is CC1(O)CN(S(C)(=O)=O)CCc2cc(F)c(F)cc21. The number of rotatable bonds is 1. The Morgan fingerprint density at radius 2 is 1.89 bits per heavy atom. The monoisotopic (exact) mass is 291 g/mol. The highest BCUT2D eigenvalue weighted by Gasteiger charge is 2.35. The predicted molar refractivity (Wildman–Crippen MR) is 66.0 cm³/mol. The van der Waals surface area contributed by atoms with E-state index in [1.807, 2.05) is 0 Å². The molecule has 0 fully saturated rings. The predicted octanol–water partition coefficient (Wildman–Crippen LogP) is 0.990. The number of benzene rings is 1. The Morgan fingerprint density at radius 3 is 2.47 bits per heavy atom. The van der Waals surface area contributed by atoms with E-state index in [2.05, 4.69) is 0 Å². The van der Waals surface area contributed by atoms with Gasteiger partial charge in [-0.3, -0.25) is 0 Å². The lowest BCUT2D eigenvalue weighted by Crippen LogP contribution is -2.40. The fourth-order valence-electron chi connectivity index (χ4n) is 2.33. The van der Waals surface area contributed by atoms with Gasteiger partial charge in [0, 0.05) is 13.1 Å². The highest BCUT2D eigenvalue weighted by atomic mass is 32.2. The van der Waals surface area contributed by atoms with Gasteiger partial charge in [0.2, 0.25) is 10.0 Å². The van der Waals surface area contributed by atoms with Crippen molar-refractivity contribution >= 4 is 10.0 Å². The highest BCUT2D eigenvalue weighted by Crippen LogP contribution is 2.31. The van der Waals surface area contributed by atoms with Gasteiger partial charge in [0.05, 0.1) is 6.26 Å². The van der Waals surface area contributed by atoms with Crippen LogP contribution in [0.15, 0.2) is 12.1 Å². The van der Waals surface area contributed by atoms with Crippen LogP contribution >= 0.6 is 0 Å². The standard InChI is InChI=1S/C12H15F2NO3S/c1-12(16)7-15(19(2,17)18)4-3-8-5-10(13)11(14)6-9(8)12/h5-6,16H,3-4,7H2,1-2H3. The second kappa shape index (κ2) is 4.50. The van der Waals surface area contributed by atoms with E-state index in [0.29, 0.717) is 5.56 Å². The van der Waals surface area contributed by atoms with Crippen LogP contribution in [0.4, 0.5) is 8.78 Å². The lowest BCUT2D eigenvalue weighted by Gasteiger charge is -2.28. The number of hydrogen-bond acceptors (Lipinski definition) is 3. The molecule has 0 aromatic heterocycles. The van der Waals surface area contributed by atoms with E-state index in [1.165, 1.54) is 6.92 Å². The van der Waals surface area contributed by atoms with Crippen molar-refractivity contribution in [2.45, 2.75) is 18.9 Å². The third-order valence-electron chi connectivity index (χ3n) is 3.31. The van der Waals surface area contributed by atoms with Gasteiger partial charge in [0.25, 0.3) is 0 Å². The molecular weight excluding hydrogens is 276 g/mol. The Hall–Kier alpha value is -1.05. The van der Waals surface area contributed by atoms with Gasteiger partial charge < -0.3 is 5.11 Å². The lowest BCUT2D eigenvalue weighted by molar-refractivity contribution is 0.0408. The molecule has 2 rings (SSSR count). The number of nitrogens with zero attached hydrogens (tertiary/aromatic N) is 1. The summed E-state index contributed by atoms with van der Waals surface area (Å²) >= 11 is 0. The van der Waals surface area contributed by atoms with E-state index in [9.17, 15) is 22.3 Å². The molecule has 0 saturated heterocycles. The Morgan fingerprint density at radius 1 is 1.32 bits per heavy atom. The van der Waals surface area contributed by atoms with E-state index in [4.69, 9.17) is 0 Å². The largest absolute Gasteiger partial charge is 0.384 e. The zero-order chi connectivity index (χ0) is 14.4. The molecule has 1 aromatic carbocycles. The molecule has 0 spiro atoms. The minimum absolute atomic E-state index is 0.132. The Kier molecular flexibility index (Phi) is 3.40. The molecular formula is C12H15F2NO3S. The molecule has 1 atom stereocenters. The van der Waals surface area contributed by atoms with Crippen LogP contribution in [-0.4, -0.2) is 37.2 Å². The van der Waals surface area contributed by atoms with E-state index in [-0.39, 0.29) is 25.1 Å². The molecule has 0 aliphatic carbocycles. The maximum atomic E-state index is 13.3. The average molecular weight is 291 g/mol. The van der Waals surface area contributed by atoms with Crippen molar-refractivity contribution in [2.24, 2.45) is 0 Å². The van der Waals surface area contributed by atoms with Crippen molar-refractivity contribution in [1.29, 1.82) is 0 Å². The Balaban J connectivity index is 2.52. The van der Waals surface area contributed by atoms with Crippen LogP contribution in [0, 0.1) is 11.6 Å². The van der Waals surface area contributed by atoms with Crippen molar-refractivity contribution in [1.82, 2.24) is 4.31 Å². The van der Waals surface area contributed by atoms with Crippen LogP contribution in [0.3, 0.4) is 0 Å². The molecule has 0 saturated carbocycles. The second-order valence-corrected chi connectivity index (χ2v) is 7.03. The van der Waals surface area contributed by atoms with Gasteiger partial charge in [0.1, 0.15) is 5.60 Å².